The lowest BCUT2D eigenvalue weighted by Crippen LogP contribution is -2.51. The summed E-state index contributed by atoms with van der Waals surface area (Å²) in [5.74, 6) is -0.0214. The van der Waals surface area contributed by atoms with Crippen molar-refractivity contribution in [3.63, 3.8) is 0 Å². The van der Waals surface area contributed by atoms with Crippen molar-refractivity contribution in [2.24, 2.45) is 16.6 Å². The fourth-order valence-electron chi connectivity index (χ4n) is 3.64. The smallest absolute Gasteiger partial charge is 0.251 e. The van der Waals surface area contributed by atoms with E-state index in [2.05, 4.69) is 10.3 Å². The van der Waals surface area contributed by atoms with Crippen molar-refractivity contribution in [1.29, 1.82) is 0 Å². The number of nitrogen functional groups attached to an aromatic ring is 1. The minimum atomic E-state index is -0.520. The molecular formula is C24H30ClN5O2. The first kappa shape index (κ1) is 23.6. The van der Waals surface area contributed by atoms with Crippen LogP contribution in [0.2, 0.25) is 5.02 Å². The highest BCUT2D eigenvalue weighted by Crippen LogP contribution is 2.30. The predicted octanol–water partition coefficient (Wildman–Crippen LogP) is 3.87. The molecule has 2 aromatic carbocycles. The van der Waals surface area contributed by atoms with Crippen LogP contribution in [0.3, 0.4) is 0 Å². The van der Waals surface area contributed by atoms with Crippen molar-refractivity contribution in [3.8, 4) is 0 Å². The molecule has 0 aliphatic carbocycles. The van der Waals surface area contributed by atoms with E-state index in [4.69, 9.17) is 23.1 Å². The van der Waals surface area contributed by atoms with Crippen molar-refractivity contribution < 1.29 is 9.59 Å². The molecule has 0 aromatic heterocycles. The number of carbonyl (C=O) groups is 2. The summed E-state index contributed by atoms with van der Waals surface area (Å²) in [6, 6.07) is 12.1. The molecule has 1 aliphatic rings. The van der Waals surface area contributed by atoms with E-state index in [1.807, 2.05) is 45.9 Å². The molecule has 170 valence electrons. The van der Waals surface area contributed by atoms with Gasteiger partial charge in [0.1, 0.15) is 0 Å². The van der Waals surface area contributed by atoms with Crippen LogP contribution in [0.15, 0.2) is 47.5 Å². The number of nitrogens with one attached hydrogen (secondary N) is 1. The molecule has 3 rings (SSSR count). The molecule has 2 unspecified atom stereocenters. The number of hydrogen-bond acceptors (Lipinski definition) is 5. The van der Waals surface area contributed by atoms with E-state index in [9.17, 15) is 9.59 Å². The number of nitrogens with two attached hydrogens (primary N) is 2. The lowest BCUT2D eigenvalue weighted by molar-refractivity contribution is -0.130. The monoisotopic (exact) mass is 455 g/mol. The van der Waals surface area contributed by atoms with Crippen LogP contribution < -0.4 is 16.8 Å². The van der Waals surface area contributed by atoms with Crippen LogP contribution in [0, 0.1) is 5.92 Å². The number of guanidine groups is 1. The summed E-state index contributed by atoms with van der Waals surface area (Å²) in [7, 11) is 0. The molecule has 0 fully saturated rings. The molecule has 2 aromatic rings. The normalized spacial score (nSPS) is 19.6. The zero-order valence-corrected chi connectivity index (χ0v) is 19.6. The molecule has 2 atom stereocenters. The zero-order chi connectivity index (χ0) is 23.6. The zero-order valence-electron chi connectivity index (χ0n) is 18.9. The molecule has 0 saturated carbocycles. The Balaban J connectivity index is 1.79. The summed E-state index contributed by atoms with van der Waals surface area (Å²) in [6.45, 7) is 8.04. The van der Waals surface area contributed by atoms with Crippen LogP contribution in [0.25, 0.3) is 0 Å². The summed E-state index contributed by atoms with van der Waals surface area (Å²) in [5, 5.41) is 3.36. The number of carbonyl (C=O) groups excluding carboxylic acids is 2. The number of amides is 2. The van der Waals surface area contributed by atoms with E-state index in [0.29, 0.717) is 21.8 Å². The maximum Gasteiger partial charge on any atom is 0.251 e. The number of aliphatic imine (C=N–C) groups is 1. The predicted molar refractivity (Wildman–Crippen MR) is 128 cm³/mol. The molecule has 32 heavy (non-hydrogen) atoms. The van der Waals surface area contributed by atoms with Gasteiger partial charge >= 0.3 is 0 Å². The van der Waals surface area contributed by atoms with Crippen LogP contribution in [-0.4, -0.2) is 28.2 Å². The SMILES string of the molecule is CC(NC(=O)c1cc(Cl)cc(CN2C(=O)CC(C)(C(C)C)N=C2N)c1)c1cccc(N)c1. The quantitative estimate of drug-likeness (QED) is 0.573. The van der Waals surface area contributed by atoms with Crippen molar-refractivity contribution in [2.45, 2.75) is 52.2 Å². The molecule has 7 nitrogen and oxygen atoms in total. The summed E-state index contributed by atoms with van der Waals surface area (Å²) >= 11 is 6.28. The standard InChI is InChI=1S/C24H30ClN5O2/c1-14(2)24(4)12-21(31)30(23(27)29-24)13-16-8-18(10-19(25)9-16)22(32)28-15(3)17-6-5-7-20(26)11-17/h5-11,14-15H,12-13,26H2,1-4H3,(H2,27,29)(H,28,32). The topological polar surface area (TPSA) is 114 Å². The molecule has 0 radical (unpaired) electrons. The first-order chi connectivity index (χ1) is 15.0. The summed E-state index contributed by atoms with van der Waals surface area (Å²) < 4.78 is 0. The van der Waals surface area contributed by atoms with Crippen molar-refractivity contribution >= 4 is 35.1 Å². The lowest BCUT2D eigenvalue weighted by atomic mass is 9.84. The Hall–Kier alpha value is -3.06. The van der Waals surface area contributed by atoms with Crippen LogP contribution in [0.4, 0.5) is 5.69 Å². The number of halogens is 1. The van der Waals surface area contributed by atoms with Gasteiger partial charge in [-0.1, -0.05) is 37.6 Å². The fraction of sp³-hybridized carbons (Fsp3) is 0.375. The molecular weight excluding hydrogens is 426 g/mol. The van der Waals surface area contributed by atoms with Crippen molar-refractivity contribution in [3.05, 3.63) is 64.2 Å². The minimum Gasteiger partial charge on any atom is -0.399 e. The highest BCUT2D eigenvalue weighted by molar-refractivity contribution is 6.31. The third-order valence-corrected chi connectivity index (χ3v) is 6.24. The largest absolute Gasteiger partial charge is 0.399 e. The van der Waals surface area contributed by atoms with Gasteiger partial charge in [-0.25, -0.2) is 4.99 Å². The molecule has 1 aliphatic heterocycles. The van der Waals surface area contributed by atoms with E-state index in [0.717, 1.165) is 5.56 Å². The third kappa shape index (κ3) is 5.22. The van der Waals surface area contributed by atoms with Crippen LogP contribution in [-0.2, 0) is 11.3 Å². The van der Waals surface area contributed by atoms with Gasteiger partial charge in [0.15, 0.2) is 5.96 Å². The van der Waals surface area contributed by atoms with E-state index >= 15 is 0 Å². The molecule has 1 heterocycles. The van der Waals surface area contributed by atoms with Gasteiger partial charge in [-0.15, -0.1) is 0 Å². The van der Waals surface area contributed by atoms with Gasteiger partial charge in [0, 0.05) is 16.3 Å². The number of rotatable bonds is 6. The molecule has 8 heteroatoms. The Morgan fingerprint density at radius 3 is 2.56 bits per heavy atom. The van der Waals surface area contributed by atoms with Crippen molar-refractivity contribution in [1.82, 2.24) is 10.2 Å². The maximum atomic E-state index is 12.9. The number of benzene rings is 2. The highest BCUT2D eigenvalue weighted by atomic mass is 35.5. The van der Waals surface area contributed by atoms with Crippen LogP contribution >= 0.6 is 11.6 Å². The van der Waals surface area contributed by atoms with Gasteiger partial charge in [-0.05, 0) is 61.2 Å². The number of hydrogen-bond donors (Lipinski definition) is 3. The van der Waals surface area contributed by atoms with Crippen LogP contribution in [0.1, 0.15) is 61.6 Å². The second kappa shape index (κ2) is 9.20. The highest BCUT2D eigenvalue weighted by Gasteiger charge is 2.38. The molecule has 2 amide bonds. The van der Waals surface area contributed by atoms with Gasteiger partial charge in [0.05, 0.1) is 24.5 Å². The summed E-state index contributed by atoms with van der Waals surface area (Å²) in [5.41, 5.74) is 14.1. The van der Waals surface area contributed by atoms with E-state index in [-0.39, 0.29) is 42.7 Å². The van der Waals surface area contributed by atoms with Gasteiger partial charge < -0.3 is 16.8 Å². The Morgan fingerprint density at radius 2 is 1.94 bits per heavy atom. The first-order valence-electron chi connectivity index (χ1n) is 10.6. The second-order valence-corrected chi connectivity index (χ2v) is 9.29. The Labute approximate surface area is 193 Å². The average molecular weight is 456 g/mol. The fourth-order valence-corrected chi connectivity index (χ4v) is 3.90. The van der Waals surface area contributed by atoms with Gasteiger partial charge in [-0.3, -0.25) is 14.5 Å². The first-order valence-corrected chi connectivity index (χ1v) is 11.0. The Kier molecular flexibility index (Phi) is 6.79. The third-order valence-electron chi connectivity index (χ3n) is 6.02. The van der Waals surface area contributed by atoms with E-state index in [1.54, 1.807) is 24.3 Å². The molecule has 0 bridgehead atoms. The number of anilines is 1. The van der Waals surface area contributed by atoms with Gasteiger partial charge in [-0.2, -0.15) is 0 Å². The number of nitrogens with zero attached hydrogens (tertiary/aromatic N) is 2. The summed E-state index contributed by atoms with van der Waals surface area (Å²) in [4.78, 5) is 31.7. The molecule has 0 spiro atoms. The molecule has 5 N–H and O–H groups in total. The van der Waals surface area contributed by atoms with Crippen LogP contribution in [0.5, 0.6) is 0 Å². The lowest BCUT2D eigenvalue weighted by Gasteiger charge is -2.37. The summed E-state index contributed by atoms with van der Waals surface area (Å²) in [6.07, 6.45) is 0.275. The average Bonchev–Trinajstić information content (AvgIpc) is 2.70. The van der Waals surface area contributed by atoms with Gasteiger partial charge in [0.25, 0.3) is 5.91 Å². The van der Waals surface area contributed by atoms with E-state index in [1.165, 1.54) is 4.90 Å². The maximum absolute atomic E-state index is 12.9. The Morgan fingerprint density at radius 1 is 1.22 bits per heavy atom. The van der Waals surface area contributed by atoms with E-state index < -0.39 is 5.54 Å². The Bertz CT molecular complexity index is 1070. The minimum absolute atomic E-state index is 0.102. The second-order valence-electron chi connectivity index (χ2n) is 8.85. The van der Waals surface area contributed by atoms with Gasteiger partial charge in [0.2, 0.25) is 5.91 Å². The molecule has 0 saturated heterocycles. The van der Waals surface area contributed by atoms with Crippen molar-refractivity contribution in [2.75, 3.05) is 5.73 Å².